The van der Waals surface area contributed by atoms with Crippen molar-refractivity contribution in [1.82, 2.24) is 4.90 Å². The highest BCUT2D eigenvalue weighted by molar-refractivity contribution is 5.87. The Morgan fingerprint density at radius 3 is 2.19 bits per heavy atom. The fourth-order valence-corrected chi connectivity index (χ4v) is 2.43. The predicted molar refractivity (Wildman–Crippen MR) is 86.8 cm³/mol. The highest BCUT2D eigenvalue weighted by atomic mass is 16.2. The predicted octanol–water partition coefficient (Wildman–Crippen LogP) is 3.21. The van der Waals surface area contributed by atoms with E-state index in [1.54, 1.807) is 4.90 Å². The average Bonchev–Trinajstić information content (AvgIpc) is 2.48. The average molecular weight is 282 g/mol. The quantitative estimate of drug-likeness (QED) is 0.875. The summed E-state index contributed by atoms with van der Waals surface area (Å²) in [6, 6.07) is 17.5. The third kappa shape index (κ3) is 3.43. The van der Waals surface area contributed by atoms with Gasteiger partial charge >= 0.3 is 0 Å². The maximum absolute atomic E-state index is 12.7. The van der Waals surface area contributed by atoms with Crippen LogP contribution >= 0.6 is 0 Å². The molecule has 0 saturated heterocycles. The molecule has 110 valence electrons. The summed E-state index contributed by atoms with van der Waals surface area (Å²) in [6.07, 6.45) is 0. The Kier molecular flexibility index (Phi) is 4.32. The van der Waals surface area contributed by atoms with E-state index in [1.807, 2.05) is 75.5 Å². The van der Waals surface area contributed by atoms with Crippen molar-refractivity contribution >= 4 is 11.6 Å². The molecule has 0 radical (unpaired) electrons. The molecule has 2 rings (SSSR count). The minimum absolute atomic E-state index is 0.0936. The van der Waals surface area contributed by atoms with Gasteiger partial charge in [-0.1, -0.05) is 42.5 Å². The third-order valence-electron chi connectivity index (χ3n) is 3.78. The van der Waals surface area contributed by atoms with E-state index in [-0.39, 0.29) is 5.91 Å². The van der Waals surface area contributed by atoms with Gasteiger partial charge in [-0.25, -0.2) is 0 Å². The second kappa shape index (κ2) is 6.00. The van der Waals surface area contributed by atoms with Crippen molar-refractivity contribution in [2.75, 3.05) is 12.8 Å². The number of benzene rings is 2. The Labute approximate surface area is 126 Å². The number of anilines is 1. The van der Waals surface area contributed by atoms with Gasteiger partial charge in [-0.2, -0.15) is 0 Å². The molecule has 3 nitrogen and oxygen atoms in total. The minimum Gasteiger partial charge on any atom is -0.399 e. The van der Waals surface area contributed by atoms with Crippen LogP contribution in [0.3, 0.4) is 0 Å². The summed E-state index contributed by atoms with van der Waals surface area (Å²) in [5, 5.41) is 0. The lowest BCUT2D eigenvalue weighted by molar-refractivity contribution is -0.135. The number of amides is 1. The van der Waals surface area contributed by atoms with Gasteiger partial charge in [0.05, 0.1) is 5.41 Å². The number of likely N-dealkylation sites (N-methyl/N-ethyl adjacent to an activating group) is 1. The number of carbonyl (C=O) groups excluding carboxylic acids is 1. The molecule has 0 saturated carbocycles. The molecule has 21 heavy (non-hydrogen) atoms. The fraction of sp³-hybridized carbons (Fsp3) is 0.278. The Morgan fingerprint density at radius 2 is 1.62 bits per heavy atom. The highest BCUT2D eigenvalue weighted by Crippen LogP contribution is 2.26. The minimum atomic E-state index is -0.572. The first-order valence-electron chi connectivity index (χ1n) is 7.07. The van der Waals surface area contributed by atoms with Crippen LogP contribution in [0.25, 0.3) is 0 Å². The van der Waals surface area contributed by atoms with Gasteiger partial charge in [0.2, 0.25) is 5.91 Å². The molecular formula is C18H22N2O. The lowest BCUT2D eigenvalue weighted by Gasteiger charge is -2.30. The molecule has 1 amide bonds. The number of carbonyl (C=O) groups is 1. The van der Waals surface area contributed by atoms with E-state index < -0.39 is 5.41 Å². The molecule has 2 N–H and O–H groups in total. The SMILES string of the molecule is CN(Cc1ccccc1)C(=O)C(C)(C)c1ccc(N)cc1. The van der Waals surface area contributed by atoms with Crippen LogP contribution in [0.5, 0.6) is 0 Å². The fourth-order valence-electron chi connectivity index (χ4n) is 2.43. The van der Waals surface area contributed by atoms with Gasteiger partial charge in [0.15, 0.2) is 0 Å². The van der Waals surface area contributed by atoms with Gasteiger partial charge in [0.25, 0.3) is 0 Å². The molecule has 0 aromatic heterocycles. The topological polar surface area (TPSA) is 46.3 Å². The summed E-state index contributed by atoms with van der Waals surface area (Å²) in [5.74, 6) is 0.0936. The maximum atomic E-state index is 12.7. The van der Waals surface area contributed by atoms with Crippen LogP contribution in [0.1, 0.15) is 25.0 Å². The van der Waals surface area contributed by atoms with Crippen molar-refractivity contribution in [2.45, 2.75) is 25.8 Å². The summed E-state index contributed by atoms with van der Waals surface area (Å²) in [4.78, 5) is 14.5. The standard InChI is InChI=1S/C18H22N2O/c1-18(2,15-9-11-16(19)12-10-15)17(21)20(3)13-14-7-5-4-6-8-14/h4-12H,13,19H2,1-3H3. The number of nitrogens with zero attached hydrogens (tertiary/aromatic N) is 1. The molecule has 0 bridgehead atoms. The molecule has 0 spiro atoms. The summed E-state index contributed by atoms with van der Waals surface area (Å²) in [7, 11) is 1.84. The zero-order valence-corrected chi connectivity index (χ0v) is 12.8. The van der Waals surface area contributed by atoms with Crippen molar-refractivity contribution in [1.29, 1.82) is 0 Å². The Morgan fingerprint density at radius 1 is 1.05 bits per heavy atom. The molecular weight excluding hydrogens is 260 g/mol. The van der Waals surface area contributed by atoms with E-state index in [0.29, 0.717) is 12.2 Å². The van der Waals surface area contributed by atoms with Gasteiger partial charge in [0.1, 0.15) is 0 Å². The summed E-state index contributed by atoms with van der Waals surface area (Å²) >= 11 is 0. The smallest absolute Gasteiger partial charge is 0.232 e. The number of nitrogen functional groups attached to an aromatic ring is 1. The van der Waals surface area contributed by atoms with Crippen LogP contribution in [-0.4, -0.2) is 17.9 Å². The first kappa shape index (κ1) is 15.1. The molecule has 0 atom stereocenters. The van der Waals surface area contributed by atoms with Crippen molar-refractivity contribution < 1.29 is 4.79 Å². The monoisotopic (exact) mass is 282 g/mol. The number of rotatable bonds is 4. The summed E-state index contributed by atoms with van der Waals surface area (Å²) in [5.41, 5.74) is 7.95. The van der Waals surface area contributed by atoms with E-state index in [2.05, 4.69) is 0 Å². The first-order chi connectivity index (χ1) is 9.91. The molecule has 0 aliphatic rings. The van der Waals surface area contributed by atoms with Gasteiger partial charge in [-0.3, -0.25) is 4.79 Å². The molecule has 0 unspecified atom stereocenters. The Hall–Kier alpha value is -2.29. The van der Waals surface area contributed by atoms with Crippen molar-refractivity contribution in [3.8, 4) is 0 Å². The zero-order chi connectivity index (χ0) is 15.5. The van der Waals surface area contributed by atoms with E-state index in [4.69, 9.17) is 5.73 Å². The summed E-state index contributed by atoms with van der Waals surface area (Å²) in [6.45, 7) is 4.50. The van der Waals surface area contributed by atoms with E-state index in [1.165, 1.54) is 0 Å². The lowest BCUT2D eigenvalue weighted by atomic mass is 9.83. The number of hydrogen-bond acceptors (Lipinski definition) is 2. The number of hydrogen-bond donors (Lipinski definition) is 1. The molecule has 0 heterocycles. The molecule has 3 heteroatoms. The van der Waals surface area contributed by atoms with Crippen LogP contribution in [0.2, 0.25) is 0 Å². The van der Waals surface area contributed by atoms with Gasteiger partial charge < -0.3 is 10.6 Å². The van der Waals surface area contributed by atoms with Gasteiger partial charge in [-0.05, 0) is 37.1 Å². The van der Waals surface area contributed by atoms with E-state index >= 15 is 0 Å². The van der Waals surface area contributed by atoms with Gasteiger partial charge in [-0.15, -0.1) is 0 Å². The van der Waals surface area contributed by atoms with Crippen molar-refractivity contribution in [3.63, 3.8) is 0 Å². The Balaban J connectivity index is 2.15. The summed E-state index contributed by atoms with van der Waals surface area (Å²) < 4.78 is 0. The number of nitrogens with two attached hydrogens (primary N) is 1. The molecule has 0 aliphatic heterocycles. The maximum Gasteiger partial charge on any atom is 0.232 e. The van der Waals surface area contributed by atoms with Gasteiger partial charge in [0, 0.05) is 19.3 Å². The van der Waals surface area contributed by atoms with Crippen molar-refractivity contribution in [3.05, 3.63) is 65.7 Å². The Bertz CT molecular complexity index is 603. The van der Waals surface area contributed by atoms with Crippen LogP contribution < -0.4 is 5.73 Å². The second-order valence-electron chi connectivity index (χ2n) is 5.89. The lowest BCUT2D eigenvalue weighted by Crippen LogP contribution is -2.41. The highest BCUT2D eigenvalue weighted by Gasteiger charge is 2.32. The van der Waals surface area contributed by atoms with E-state index in [9.17, 15) is 4.79 Å². The van der Waals surface area contributed by atoms with Crippen LogP contribution in [0, 0.1) is 0 Å². The second-order valence-corrected chi connectivity index (χ2v) is 5.89. The molecule has 0 aliphatic carbocycles. The largest absolute Gasteiger partial charge is 0.399 e. The normalized spacial score (nSPS) is 11.2. The third-order valence-corrected chi connectivity index (χ3v) is 3.78. The molecule has 2 aromatic carbocycles. The van der Waals surface area contributed by atoms with Crippen molar-refractivity contribution in [2.24, 2.45) is 0 Å². The zero-order valence-electron chi connectivity index (χ0n) is 12.8. The van der Waals surface area contributed by atoms with E-state index in [0.717, 1.165) is 11.1 Å². The first-order valence-corrected chi connectivity index (χ1v) is 7.07. The van der Waals surface area contributed by atoms with Crippen LogP contribution in [-0.2, 0) is 16.8 Å². The molecule has 0 fully saturated rings. The van der Waals surface area contributed by atoms with Crippen LogP contribution in [0.4, 0.5) is 5.69 Å². The van der Waals surface area contributed by atoms with Crippen LogP contribution in [0.15, 0.2) is 54.6 Å². The molecule has 2 aromatic rings.